The van der Waals surface area contributed by atoms with Gasteiger partial charge in [0.2, 0.25) is 0 Å². The van der Waals surface area contributed by atoms with Crippen molar-refractivity contribution in [1.29, 1.82) is 0 Å². The highest BCUT2D eigenvalue weighted by Gasteiger charge is 2.28. The zero-order valence-electron chi connectivity index (χ0n) is 18.6. The number of nitrogens with zero attached hydrogens (tertiary/aromatic N) is 2. The Kier molecular flexibility index (Phi) is 7.08. The van der Waals surface area contributed by atoms with E-state index in [-0.39, 0.29) is 17.1 Å². The van der Waals surface area contributed by atoms with Gasteiger partial charge in [0.15, 0.2) is 10.9 Å². The lowest BCUT2D eigenvalue weighted by atomic mass is 10.1. The van der Waals surface area contributed by atoms with Gasteiger partial charge >= 0.3 is 5.97 Å². The van der Waals surface area contributed by atoms with Gasteiger partial charge in [-0.3, -0.25) is 4.79 Å². The standard InChI is InChI=1S/C22H31N3O4S/c1-7-28-21(27)18-12(2)19(23-14(18)4)20(26)16(6)30-22-24-13(3)15(5)25(22)11-17-9-8-10-29-17/h16-17,23H,7-11H2,1-6H3/t16-,17-/m0/s1. The zero-order valence-corrected chi connectivity index (χ0v) is 19.4. The minimum Gasteiger partial charge on any atom is -0.462 e. The minimum atomic E-state index is -0.401. The van der Waals surface area contributed by atoms with E-state index < -0.39 is 5.97 Å². The van der Waals surface area contributed by atoms with Gasteiger partial charge in [-0.25, -0.2) is 9.78 Å². The molecule has 1 N–H and O–H groups in total. The topological polar surface area (TPSA) is 86.2 Å². The third-order valence-corrected chi connectivity index (χ3v) is 6.74. The van der Waals surface area contributed by atoms with Gasteiger partial charge in [-0.05, 0) is 59.9 Å². The first-order valence-electron chi connectivity index (χ1n) is 10.5. The van der Waals surface area contributed by atoms with Crippen LogP contribution in [0.4, 0.5) is 0 Å². The molecule has 0 unspecified atom stereocenters. The number of aryl methyl sites for hydroxylation is 2. The molecule has 8 heteroatoms. The molecular weight excluding hydrogens is 402 g/mol. The number of aromatic amines is 1. The van der Waals surface area contributed by atoms with Crippen LogP contribution in [-0.4, -0.2) is 50.9 Å². The van der Waals surface area contributed by atoms with E-state index in [2.05, 4.69) is 16.5 Å². The molecule has 1 saturated heterocycles. The molecule has 2 aromatic heterocycles. The molecule has 7 nitrogen and oxygen atoms in total. The molecule has 30 heavy (non-hydrogen) atoms. The molecule has 0 radical (unpaired) electrons. The van der Waals surface area contributed by atoms with E-state index in [1.165, 1.54) is 11.8 Å². The van der Waals surface area contributed by atoms with Crippen molar-refractivity contribution in [3.05, 3.63) is 33.9 Å². The van der Waals surface area contributed by atoms with Crippen LogP contribution in [0.5, 0.6) is 0 Å². The Morgan fingerprint density at radius 2 is 2.07 bits per heavy atom. The van der Waals surface area contributed by atoms with Crippen molar-refractivity contribution in [2.75, 3.05) is 13.2 Å². The van der Waals surface area contributed by atoms with Crippen molar-refractivity contribution in [2.24, 2.45) is 0 Å². The Labute approximate surface area is 181 Å². The Balaban J connectivity index is 1.81. The summed E-state index contributed by atoms with van der Waals surface area (Å²) in [5.74, 6) is -0.459. The van der Waals surface area contributed by atoms with Gasteiger partial charge in [0.25, 0.3) is 0 Å². The summed E-state index contributed by atoms with van der Waals surface area (Å²) in [5, 5.41) is 0.467. The molecule has 0 bridgehead atoms. The maximum atomic E-state index is 13.2. The Hall–Kier alpha value is -2.06. The number of esters is 1. The van der Waals surface area contributed by atoms with Crippen LogP contribution in [0, 0.1) is 27.7 Å². The molecule has 164 valence electrons. The number of imidazole rings is 1. The highest BCUT2D eigenvalue weighted by atomic mass is 32.2. The number of hydrogen-bond donors (Lipinski definition) is 1. The van der Waals surface area contributed by atoms with Crippen molar-refractivity contribution in [3.63, 3.8) is 0 Å². The van der Waals surface area contributed by atoms with Crippen molar-refractivity contribution in [2.45, 2.75) is 77.4 Å². The van der Waals surface area contributed by atoms with E-state index >= 15 is 0 Å². The molecular formula is C22H31N3O4S. The highest BCUT2D eigenvalue weighted by molar-refractivity contribution is 8.00. The number of Topliss-reactive ketones (excluding diaryl/α,β-unsaturated/α-hetero) is 1. The fraction of sp³-hybridized carbons (Fsp3) is 0.591. The van der Waals surface area contributed by atoms with Crippen molar-refractivity contribution in [3.8, 4) is 0 Å². The fourth-order valence-electron chi connectivity index (χ4n) is 3.84. The monoisotopic (exact) mass is 433 g/mol. The van der Waals surface area contributed by atoms with Crippen LogP contribution in [0.2, 0.25) is 0 Å². The molecule has 0 aliphatic carbocycles. The predicted molar refractivity (Wildman–Crippen MR) is 117 cm³/mol. The molecule has 2 atom stereocenters. The van der Waals surface area contributed by atoms with Gasteiger partial charge in [-0.15, -0.1) is 0 Å². The van der Waals surface area contributed by atoms with Gasteiger partial charge in [0, 0.05) is 18.0 Å². The van der Waals surface area contributed by atoms with Crippen LogP contribution in [-0.2, 0) is 16.0 Å². The highest BCUT2D eigenvalue weighted by Crippen LogP contribution is 2.30. The summed E-state index contributed by atoms with van der Waals surface area (Å²) < 4.78 is 13.1. The summed E-state index contributed by atoms with van der Waals surface area (Å²) in [4.78, 5) is 33.2. The summed E-state index contributed by atoms with van der Waals surface area (Å²) in [7, 11) is 0. The average molecular weight is 434 g/mol. The smallest absolute Gasteiger partial charge is 0.340 e. The molecule has 3 rings (SSSR count). The largest absolute Gasteiger partial charge is 0.462 e. The Morgan fingerprint density at radius 1 is 1.33 bits per heavy atom. The molecule has 2 aromatic rings. The van der Waals surface area contributed by atoms with E-state index in [1.807, 2.05) is 13.8 Å². The first-order chi connectivity index (χ1) is 14.2. The SMILES string of the molecule is CCOC(=O)c1c(C)[nH]c(C(=O)[C@H](C)Sc2nc(C)c(C)n2C[C@@H]2CCCO2)c1C. The third-order valence-electron chi connectivity index (χ3n) is 5.65. The molecule has 0 saturated carbocycles. The van der Waals surface area contributed by atoms with E-state index in [9.17, 15) is 9.59 Å². The second-order valence-corrected chi connectivity index (χ2v) is 9.09. The number of ether oxygens (including phenoxy) is 2. The fourth-order valence-corrected chi connectivity index (χ4v) is 4.91. The molecule has 1 fully saturated rings. The van der Waals surface area contributed by atoms with Crippen LogP contribution >= 0.6 is 11.8 Å². The first-order valence-corrected chi connectivity index (χ1v) is 11.3. The molecule has 3 heterocycles. The maximum Gasteiger partial charge on any atom is 0.340 e. The molecule has 0 spiro atoms. The quantitative estimate of drug-likeness (QED) is 0.382. The van der Waals surface area contributed by atoms with E-state index in [0.717, 1.165) is 42.5 Å². The molecule has 0 amide bonds. The number of carbonyl (C=O) groups is 2. The van der Waals surface area contributed by atoms with Crippen LogP contribution in [0.25, 0.3) is 0 Å². The van der Waals surface area contributed by atoms with E-state index in [1.54, 1.807) is 20.8 Å². The molecule has 1 aliphatic heterocycles. The van der Waals surface area contributed by atoms with Crippen LogP contribution in [0.1, 0.15) is 70.2 Å². The number of hydrogen-bond acceptors (Lipinski definition) is 6. The van der Waals surface area contributed by atoms with Gasteiger partial charge < -0.3 is 19.0 Å². The summed E-state index contributed by atoms with van der Waals surface area (Å²) in [5.41, 5.74) is 4.26. The second kappa shape index (κ2) is 9.39. The average Bonchev–Trinajstić information content (AvgIpc) is 3.37. The Bertz CT molecular complexity index is 941. The summed E-state index contributed by atoms with van der Waals surface area (Å²) in [6.07, 6.45) is 2.33. The summed E-state index contributed by atoms with van der Waals surface area (Å²) >= 11 is 1.44. The second-order valence-electron chi connectivity index (χ2n) is 7.78. The summed E-state index contributed by atoms with van der Waals surface area (Å²) in [6, 6.07) is 0. The minimum absolute atomic E-state index is 0.0573. The number of nitrogens with one attached hydrogen (secondary N) is 1. The van der Waals surface area contributed by atoms with Gasteiger partial charge in [0.05, 0.1) is 41.5 Å². The number of aromatic nitrogens is 3. The van der Waals surface area contributed by atoms with Crippen molar-refractivity contribution >= 4 is 23.5 Å². The first kappa shape index (κ1) is 22.6. The van der Waals surface area contributed by atoms with Gasteiger partial charge in [-0.2, -0.15) is 0 Å². The number of rotatable bonds is 8. The predicted octanol–water partition coefficient (Wildman–Crippen LogP) is 4.16. The van der Waals surface area contributed by atoms with Crippen molar-refractivity contribution in [1.82, 2.24) is 14.5 Å². The molecule has 0 aromatic carbocycles. The third kappa shape index (κ3) is 4.49. The van der Waals surface area contributed by atoms with E-state index in [4.69, 9.17) is 14.5 Å². The lowest BCUT2D eigenvalue weighted by molar-refractivity contribution is 0.0525. The number of ketones is 1. The zero-order chi connectivity index (χ0) is 22.0. The summed E-state index contributed by atoms with van der Waals surface area (Å²) in [6.45, 7) is 13.1. The van der Waals surface area contributed by atoms with Gasteiger partial charge in [-0.1, -0.05) is 11.8 Å². The molecule has 1 aliphatic rings. The van der Waals surface area contributed by atoms with Gasteiger partial charge in [0.1, 0.15) is 0 Å². The number of carbonyl (C=O) groups excluding carboxylic acids is 2. The van der Waals surface area contributed by atoms with Crippen LogP contribution in [0.3, 0.4) is 0 Å². The number of thioether (sulfide) groups is 1. The maximum absolute atomic E-state index is 13.2. The lowest BCUT2D eigenvalue weighted by Gasteiger charge is -2.16. The lowest BCUT2D eigenvalue weighted by Crippen LogP contribution is -2.19. The van der Waals surface area contributed by atoms with Crippen LogP contribution < -0.4 is 0 Å². The van der Waals surface area contributed by atoms with E-state index in [0.29, 0.717) is 29.1 Å². The number of H-pyrrole nitrogens is 1. The van der Waals surface area contributed by atoms with Crippen molar-refractivity contribution < 1.29 is 19.1 Å². The normalized spacial score (nSPS) is 17.3. The Morgan fingerprint density at radius 3 is 2.70 bits per heavy atom. The van der Waals surface area contributed by atoms with Crippen LogP contribution in [0.15, 0.2) is 5.16 Å².